The second-order valence-corrected chi connectivity index (χ2v) is 6.16. The van der Waals surface area contributed by atoms with Crippen molar-refractivity contribution in [2.75, 3.05) is 19.6 Å². The molecule has 96 valence electrons. The highest BCUT2D eigenvalue weighted by atomic mass is 16.3. The van der Waals surface area contributed by atoms with Crippen LogP contribution >= 0.6 is 0 Å². The SMILES string of the molecule is O=C(NCC1(O)CCC1)C1CC12CCNCC2. The van der Waals surface area contributed by atoms with Gasteiger partial charge in [0.25, 0.3) is 0 Å². The molecule has 1 heterocycles. The highest BCUT2D eigenvalue weighted by Gasteiger charge is 2.57. The molecular weight excluding hydrogens is 216 g/mol. The molecule has 3 fully saturated rings. The van der Waals surface area contributed by atoms with Gasteiger partial charge in [0, 0.05) is 12.5 Å². The number of piperidine rings is 1. The molecule has 3 aliphatic rings. The highest BCUT2D eigenvalue weighted by Crippen LogP contribution is 2.58. The minimum atomic E-state index is -0.591. The molecule has 2 aliphatic carbocycles. The van der Waals surface area contributed by atoms with Gasteiger partial charge in [0.15, 0.2) is 0 Å². The monoisotopic (exact) mass is 238 g/mol. The third kappa shape index (κ3) is 2.08. The summed E-state index contributed by atoms with van der Waals surface area (Å²) in [5, 5.41) is 16.2. The Labute approximate surface area is 102 Å². The molecule has 1 atom stereocenters. The molecular formula is C13H22N2O2. The van der Waals surface area contributed by atoms with Crippen LogP contribution in [0.2, 0.25) is 0 Å². The summed E-state index contributed by atoms with van der Waals surface area (Å²) in [6.07, 6.45) is 6.09. The fourth-order valence-corrected chi connectivity index (χ4v) is 3.33. The molecule has 17 heavy (non-hydrogen) atoms. The van der Waals surface area contributed by atoms with Gasteiger partial charge in [-0.3, -0.25) is 4.79 Å². The van der Waals surface area contributed by atoms with Crippen LogP contribution in [0.3, 0.4) is 0 Å². The first-order valence-corrected chi connectivity index (χ1v) is 6.85. The van der Waals surface area contributed by atoms with Crippen molar-refractivity contribution in [3.63, 3.8) is 0 Å². The Morgan fingerprint density at radius 2 is 2.00 bits per heavy atom. The predicted octanol–water partition coefficient (Wildman–Crippen LogP) is 0.407. The molecule has 1 saturated heterocycles. The van der Waals surface area contributed by atoms with Crippen molar-refractivity contribution in [3.05, 3.63) is 0 Å². The Morgan fingerprint density at radius 1 is 1.29 bits per heavy atom. The van der Waals surface area contributed by atoms with Crippen LogP contribution in [0.25, 0.3) is 0 Å². The predicted molar refractivity (Wildman–Crippen MR) is 64.5 cm³/mol. The van der Waals surface area contributed by atoms with Crippen molar-refractivity contribution in [3.8, 4) is 0 Å². The maximum atomic E-state index is 12.0. The van der Waals surface area contributed by atoms with Gasteiger partial charge in [-0.1, -0.05) is 0 Å². The average molecular weight is 238 g/mol. The Hall–Kier alpha value is -0.610. The molecule has 0 bridgehead atoms. The van der Waals surface area contributed by atoms with Crippen molar-refractivity contribution < 1.29 is 9.90 Å². The van der Waals surface area contributed by atoms with E-state index in [1.54, 1.807) is 0 Å². The minimum absolute atomic E-state index is 0.173. The summed E-state index contributed by atoms with van der Waals surface area (Å²) in [6, 6.07) is 0. The van der Waals surface area contributed by atoms with E-state index >= 15 is 0 Å². The maximum Gasteiger partial charge on any atom is 0.223 e. The molecule has 0 aromatic heterocycles. The second kappa shape index (κ2) is 3.95. The van der Waals surface area contributed by atoms with E-state index in [0.717, 1.165) is 51.6 Å². The number of nitrogens with one attached hydrogen (secondary N) is 2. The summed E-state index contributed by atoms with van der Waals surface area (Å²) >= 11 is 0. The number of aliphatic hydroxyl groups is 1. The van der Waals surface area contributed by atoms with Crippen molar-refractivity contribution in [1.29, 1.82) is 0 Å². The van der Waals surface area contributed by atoms with E-state index in [2.05, 4.69) is 10.6 Å². The molecule has 0 aromatic carbocycles. The lowest BCUT2D eigenvalue weighted by molar-refractivity contribution is -0.125. The highest BCUT2D eigenvalue weighted by molar-refractivity contribution is 5.82. The van der Waals surface area contributed by atoms with E-state index in [-0.39, 0.29) is 11.8 Å². The molecule has 4 heteroatoms. The molecule has 3 N–H and O–H groups in total. The van der Waals surface area contributed by atoms with E-state index in [1.807, 2.05) is 0 Å². The number of hydrogen-bond donors (Lipinski definition) is 3. The Morgan fingerprint density at radius 3 is 2.59 bits per heavy atom. The molecule has 3 rings (SSSR count). The fourth-order valence-electron chi connectivity index (χ4n) is 3.33. The Bertz CT molecular complexity index is 319. The summed E-state index contributed by atoms with van der Waals surface area (Å²) in [6.45, 7) is 2.55. The first-order valence-electron chi connectivity index (χ1n) is 6.85. The number of carbonyl (C=O) groups excluding carboxylic acids is 1. The van der Waals surface area contributed by atoms with Crippen LogP contribution in [0.15, 0.2) is 0 Å². The minimum Gasteiger partial charge on any atom is -0.388 e. The lowest BCUT2D eigenvalue weighted by Gasteiger charge is -2.36. The van der Waals surface area contributed by atoms with Crippen molar-refractivity contribution in [2.24, 2.45) is 11.3 Å². The summed E-state index contributed by atoms with van der Waals surface area (Å²) < 4.78 is 0. The van der Waals surface area contributed by atoms with Gasteiger partial charge in [-0.25, -0.2) is 0 Å². The number of hydrogen-bond acceptors (Lipinski definition) is 3. The van der Waals surface area contributed by atoms with Crippen LogP contribution in [-0.4, -0.2) is 36.2 Å². The van der Waals surface area contributed by atoms with E-state index in [4.69, 9.17) is 0 Å². The summed E-state index contributed by atoms with van der Waals surface area (Å²) in [7, 11) is 0. The molecule has 4 nitrogen and oxygen atoms in total. The van der Waals surface area contributed by atoms with Crippen LogP contribution in [0, 0.1) is 11.3 Å². The molecule has 2 saturated carbocycles. The standard InChI is InChI=1S/C13H22N2O2/c16-11(15-9-13(17)2-1-3-13)10-8-12(10)4-6-14-7-5-12/h10,14,17H,1-9H2,(H,15,16). The average Bonchev–Trinajstić information content (AvgIpc) is 2.98. The maximum absolute atomic E-state index is 12.0. The molecule has 1 spiro atoms. The van der Waals surface area contributed by atoms with Crippen LogP contribution < -0.4 is 10.6 Å². The first kappa shape index (κ1) is 11.5. The van der Waals surface area contributed by atoms with Gasteiger partial charge >= 0.3 is 0 Å². The van der Waals surface area contributed by atoms with Gasteiger partial charge in [0.2, 0.25) is 5.91 Å². The summed E-state index contributed by atoms with van der Waals surface area (Å²) in [5.74, 6) is 0.389. The molecule has 0 aromatic rings. The molecule has 1 amide bonds. The number of rotatable bonds is 3. The van der Waals surface area contributed by atoms with Crippen LogP contribution in [0.1, 0.15) is 38.5 Å². The topological polar surface area (TPSA) is 61.4 Å². The van der Waals surface area contributed by atoms with Crippen LogP contribution in [-0.2, 0) is 4.79 Å². The van der Waals surface area contributed by atoms with Crippen molar-refractivity contribution in [1.82, 2.24) is 10.6 Å². The lowest BCUT2D eigenvalue weighted by Crippen LogP contribution is -2.48. The van der Waals surface area contributed by atoms with Gasteiger partial charge in [-0.15, -0.1) is 0 Å². The molecule has 0 radical (unpaired) electrons. The van der Waals surface area contributed by atoms with E-state index < -0.39 is 5.60 Å². The van der Waals surface area contributed by atoms with Gasteiger partial charge in [-0.05, 0) is 57.0 Å². The Kier molecular flexibility index (Phi) is 2.67. The number of carbonyl (C=O) groups is 1. The van der Waals surface area contributed by atoms with Gasteiger partial charge in [-0.2, -0.15) is 0 Å². The summed E-state index contributed by atoms with van der Waals surface area (Å²) in [5.41, 5.74) is -0.288. The largest absolute Gasteiger partial charge is 0.388 e. The van der Waals surface area contributed by atoms with Gasteiger partial charge in [0.05, 0.1) is 5.60 Å². The van der Waals surface area contributed by atoms with E-state index in [0.29, 0.717) is 12.0 Å². The van der Waals surface area contributed by atoms with E-state index in [9.17, 15) is 9.90 Å². The van der Waals surface area contributed by atoms with Gasteiger partial charge in [0.1, 0.15) is 0 Å². The third-order valence-corrected chi connectivity index (χ3v) is 4.98. The van der Waals surface area contributed by atoms with E-state index in [1.165, 1.54) is 0 Å². The zero-order valence-corrected chi connectivity index (χ0v) is 10.3. The van der Waals surface area contributed by atoms with Gasteiger partial charge < -0.3 is 15.7 Å². The van der Waals surface area contributed by atoms with Crippen LogP contribution in [0.4, 0.5) is 0 Å². The van der Waals surface area contributed by atoms with Crippen molar-refractivity contribution in [2.45, 2.75) is 44.1 Å². The summed E-state index contributed by atoms with van der Waals surface area (Å²) in [4.78, 5) is 12.0. The van der Waals surface area contributed by atoms with Crippen molar-refractivity contribution >= 4 is 5.91 Å². The number of amides is 1. The van der Waals surface area contributed by atoms with Crippen LogP contribution in [0.5, 0.6) is 0 Å². The molecule has 1 aliphatic heterocycles. The normalized spacial score (nSPS) is 32.9. The Balaban J connectivity index is 1.47. The lowest BCUT2D eigenvalue weighted by atomic mass is 9.80. The first-order chi connectivity index (χ1) is 8.14. The zero-order chi connectivity index (χ0) is 11.9. The third-order valence-electron chi connectivity index (χ3n) is 4.98. The smallest absolute Gasteiger partial charge is 0.223 e. The zero-order valence-electron chi connectivity index (χ0n) is 10.3. The quantitative estimate of drug-likeness (QED) is 0.667. The fraction of sp³-hybridized carbons (Fsp3) is 0.923. The molecule has 1 unspecified atom stereocenters. The second-order valence-electron chi connectivity index (χ2n) is 6.16.